The highest BCUT2D eigenvalue weighted by Gasteiger charge is 2.21. The molecule has 1 aliphatic heterocycles. The van der Waals surface area contributed by atoms with Gasteiger partial charge < -0.3 is 19.7 Å². The lowest BCUT2D eigenvalue weighted by atomic mass is 10.0. The third-order valence-electron chi connectivity index (χ3n) is 7.13. The number of H-pyrrole nitrogens is 2. The molecule has 1 aliphatic rings. The van der Waals surface area contributed by atoms with Gasteiger partial charge in [0.2, 0.25) is 0 Å². The van der Waals surface area contributed by atoms with Crippen LogP contribution in [0.4, 0.5) is 5.69 Å². The molecule has 4 aromatic heterocycles. The molecule has 0 aliphatic carbocycles. The van der Waals surface area contributed by atoms with E-state index in [1.807, 2.05) is 31.3 Å². The highest BCUT2D eigenvalue weighted by molar-refractivity contribution is 5.93. The number of pyridine rings is 2. The number of aromatic amines is 2. The van der Waals surface area contributed by atoms with Crippen LogP contribution in [-0.2, 0) is 0 Å². The Kier molecular flexibility index (Phi) is 7.67. The van der Waals surface area contributed by atoms with Crippen LogP contribution in [0.5, 0.6) is 0 Å². The lowest BCUT2D eigenvalue weighted by molar-refractivity contribution is 0.313. The van der Waals surface area contributed by atoms with Crippen LogP contribution in [0.1, 0.15) is 25.5 Å². The Morgan fingerprint density at radius 2 is 1.95 bits per heavy atom. The number of piperazine rings is 1. The van der Waals surface area contributed by atoms with Gasteiger partial charge in [-0.2, -0.15) is 5.10 Å². The standard InChI is InChI=1S/C29H37N9/c1-6-20(9-8-14-36(3)4)19-21(7-2)22-10-11-23-25(31-22)27(35-34-23)29-32-26-24(12-13-30-28(26)33-29)38-17-15-37(5)16-18-38/h6-7,10-13,19H,1,8-9,14-18H2,2-5H3,(H,34,35)(H,30,32,33)/b20-19+,21-7+. The number of likely N-dealkylation sites (N-methyl/N-ethyl adjacent to an activating group) is 1. The first-order valence-electron chi connectivity index (χ1n) is 13.2. The number of imidazole rings is 1. The molecule has 0 amide bonds. The van der Waals surface area contributed by atoms with Gasteiger partial charge in [-0.25, -0.2) is 15.0 Å². The minimum atomic E-state index is 0.665. The smallest absolute Gasteiger partial charge is 0.180 e. The van der Waals surface area contributed by atoms with Crippen molar-refractivity contribution >= 4 is 33.5 Å². The van der Waals surface area contributed by atoms with Crippen molar-refractivity contribution in [1.29, 1.82) is 0 Å². The van der Waals surface area contributed by atoms with Gasteiger partial charge in [-0.1, -0.05) is 18.7 Å². The number of aromatic nitrogens is 6. The minimum absolute atomic E-state index is 0.665. The summed E-state index contributed by atoms with van der Waals surface area (Å²) in [5.41, 5.74) is 8.24. The van der Waals surface area contributed by atoms with Crippen LogP contribution in [0.25, 0.3) is 39.3 Å². The maximum absolute atomic E-state index is 5.02. The SMILES string of the molecule is C=C/C(=C\C(=C/C)c1ccc2[nH]nc(-c3nc4nccc(N5CCN(C)CC5)c4[nH]3)c2n1)CCCN(C)C. The summed E-state index contributed by atoms with van der Waals surface area (Å²) in [7, 11) is 6.36. The molecule has 0 unspecified atom stereocenters. The van der Waals surface area contributed by atoms with Crippen molar-refractivity contribution in [1.82, 2.24) is 39.9 Å². The molecule has 9 nitrogen and oxygen atoms in total. The van der Waals surface area contributed by atoms with Gasteiger partial charge in [0.15, 0.2) is 17.2 Å². The summed E-state index contributed by atoms with van der Waals surface area (Å²) >= 11 is 0. The molecule has 0 bridgehead atoms. The van der Waals surface area contributed by atoms with Crippen molar-refractivity contribution < 1.29 is 0 Å². The van der Waals surface area contributed by atoms with Crippen LogP contribution in [0.2, 0.25) is 0 Å². The Balaban J connectivity index is 1.47. The number of hydrogen-bond donors (Lipinski definition) is 2. The molecule has 38 heavy (non-hydrogen) atoms. The van der Waals surface area contributed by atoms with Crippen LogP contribution >= 0.6 is 0 Å². The predicted molar refractivity (Wildman–Crippen MR) is 156 cm³/mol. The van der Waals surface area contributed by atoms with Crippen molar-refractivity contribution in [3.8, 4) is 11.5 Å². The van der Waals surface area contributed by atoms with Gasteiger partial charge in [-0.3, -0.25) is 5.10 Å². The molecule has 5 rings (SSSR count). The highest BCUT2D eigenvalue weighted by Crippen LogP contribution is 2.30. The Morgan fingerprint density at radius 1 is 1.13 bits per heavy atom. The maximum atomic E-state index is 5.02. The monoisotopic (exact) mass is 511 g/mol. The molecule has 4 aromatic rings. The van der Waals surface area contributed by atoms with Gasteiger partial charge >= 0.3 is 0 Å². The zero-order valence-electron chi connectivity index (χ0n) is 22.8. The van der Waals surface area contributed by atoms with E-state index in [1.54, 1.807) is 0 Å². The molecule has 1 fully saturated rings. The third-order valence-corrected chi connectivity index (χ3v) is 7.13. The second-order valence-electron chi connectivity index (χ2n) is 10.1. The number of nitrogens with zero attached hydrogens (tertiary/aromatic N) is 7. The number of fused-ring (bicyclic) bond motifs is 2. The van der Waals surface area contributed by atoms with Crippen molar-refractivity contribution in [2.75, 3.05) is 58.8 Å². The first-order valence-corrected chi connectivity index (χ1v) is 13.2. The Labute approximate surface area is 224 Å². The first-order chi connectivity index (χ1) is 18.5. The van der Waals surface area contributed by atoms with Gasteiger partial charge in [-0.05, 0) is 82.9 Å². The Hall–Kier alpha value is -3.82. The Morgan fingerprint density at radius 3 is 2.68 bits per heavy atom. The van der Waals surface area contributed by atoms with Crippen LogP contribution in [-0.4, -0.2) is 93.8 Å². The molecule has 0 atom stereocenters. The number of anilines is 1. The normalized spacial score (nSPS) is 15.8. The zero-order chi connectivity index (χ0) is 26.6. The number of nitrogens with one attached hydrogen (secondary N) is 2. The second kappa shape index (κ2) is 11.3. The van der Waals surface area contributed by atoms with E-state index in [0.29, 0.717) is 17.2 Å². The molecule has 0 spiro atoms. The molecule has 1 saturated heterocycles. The quantitative estimate of drug-likeness (QED) is 0.320. The largest absolute Gasteiger partial charge is 0.367 e. The fourth-order valence-corrected chi connectivity index (χ4v) is 4.88. The topological polar surface area (TPSA) is 92.9 Å². The summed E-state index contributed by atoms with van der Waals surface area (Å²) in [6, 6.07) is 6.12. The predicted octanol–water partition coefficient (Wildman–Crippen LogP) is 4.51. The van der Waals surface area contributed by atoms with Gasteiger partial charge in [0.25, 0.3) is 0 Å². The zero-order valence-corrected chi connectivity index (χ0v) is 22.8. The highest BCUT2D eigenvalue weighted by atomic mass is 15.3. The van der Waals surface area contributed by atoms with Crippen molar-refractivity contribution in [3.05, 3.63) is 60.5 Å². The molecule has 0 radical (unpaired) electrons. The summed E-state index contributed by atoms with van der Waals surface area (Å²) in [4.78, 5) is 24.8. The fourth-order valence-electron chi connectivity index (χ4n) is 4.88. The summed E-state index contributed by atoms with van der Waals surface area (Å²) in [6.45, 7) is 11.1. The number of allylic oxidation sites excluding steroid dienone is 5. The van der Waals surface area contributed by atoms with E-state index < -0.39 is 0 Å². The molecule has 0 aromatic carbocycles. The second-order valence-corrected chi connectivity index (χ2v) is 10.1. The van der Waals surface area contributed by atoms with E-state index in [0.717, 1.165) is 79.1 Å². The average Bonchev–Trinajstić information content (AvgIpc) is 3.54. The maximum Gasteiger partial charge on any atom is 0.180 e. The number of rotatable bonds is 9. The van der Waals surface area contributed by atoms with Crippen molar-refractivity contribution in [2.45, 2.75) is 19.8 Å². The van der Waals surface area contributed by atoms with Gasteiger partial charge in [0.05, 0.1) is 16.9 Å². The van der Waals surface area contributed by atoms with E-state index in [2.05, 4.69) is 80.8 Å². The summed E-state index contributed by atoms with van der Waals surface area (Å²) < 4.78 is 0. The Bertz CT molecular complexity index is 1480. The van der Waals surface area contributed by atoms with E-state index in [9.17, 15) is 0 Å². The molecule has 5 heterocycles. The molecule has 198 valence electrons. The minimum Gasteiger partial charge on any atom is -0.367 e. The van der Waals surface area contributed by atoms with Crippen LogP contribution in [0.3, 0.4) is 0 Å². The van der Waals surface area contributed by atoms with Crippen LogP contribution < -0.4 is 4.90 Å². The van der Waals surface area contributed by atoms with Gasteiger partial charge in [0, 0.05) is 32.4 Å². The summed E-state index contributed by atoms with van der Waals surface area (Å²) in [5, 5.41) is 7.71. The molecule has 0 saturated carbocycles. The average molecular weight is 512 g/mol. The van der Waals surface area contributed by atoms with Crippen LogP contribution in [0, 0.1) is 0 Å². The lowest BCUT2D eigenvalue weighted by Crippen LogP contribution is -2.44. The van der Waals surface area contributed by atoms with Gasteiger partial charge in [-0.15, -0.1) is 0 Å². The van der Waals surface area contributed by atoms with E-state index in [1.165, 1.54) is 5.57 Å². The van der Waals surface area contributed by atoms with E-state index in [4.69, 9.17) is 9.97 Å². The first kappa shape index (κ1) is 25.8. The van der Waals surface area contributed by atoms with E-state index in [-0.39, 0.29) is 0 Å². The lowest BCUT2D eigenvalue weighted by Gasteiger charge is -2.34. The van der Waals surface area contributed by atoms with Gasteiger partial charge in [0.1, 0.15) is 11.0 Å². The van der Waals surface area contributed by atoms with Crippen molar-refractivity contribution in [3.63, 3.8) is 0 Å². The molecular weight excluding hydrogens is 474 g/mol. The summed E-state index contributed by atoms with van der Waals surface area (Å²) in [6.07, 6.45) is 10.1. The number of hydrogen-bond acceptors (Lipinski definition) is 7. The van der Waals surface area contributed by atoms with Crippen LogP contribution in [0.15, 0.2) is 54.8 Å². The molecule has 2 N–H and O–H groups in total. The fraction of sp³-hybridized carbons (Fsp3) is 0.379. The molecular formula is C29H37N9. The van der Waals surface area contributed by atoms with Crippen molar-refractivity contribution in [2.24, 2.45) is 0 Å². The molecule has 9 heteroatoms. The summed E-state index contributed by atoms with van der Waals surface area (Å²) in [5.74, 6) is 0.665. The third kappa shape index (κ3) is 5.39. The van der Waals surface area contributed by atoms with E-state index >= 15 is 0 Å².